The van der Waals surface area contributed by atoms with Gasteiger partial charge in [0, 0.05) is 25.1 Å². The highest BCUT2D eigenvalue weighted by atomic mass is 19.1. The number of fused-ring (bicyclic) bond motifs is 1. The number of amides is 2. The second-order valence-corrected chi connectivity index (χ2v) is 6.55. The number of hydrogen-bond donors (Lipinski definition) is 2. The molecule has 2 amide bonds. The van der Waals surface area contributed by atoms with E-state index in [1.807, 2.05) is 24.3 Å². The van der Waals surface area contributed by atoms with Crippen LogP contribution in [0.4, 0.5) is 10.1 Å². The lowest BCUT2D eigenvalue weighted by molar-refractivity contribution is -0.121. The highest BCUT2D eigenvalue weighted by molar-refractivity contribution is 5.94. The van der Waals surface area contributed by atoms with Crippen molar-refractivity contribution in [1.29, 1.82) is 0 Å². The number of benzene rings is 2. The van der Waals surface area contributed by atoms with Crippen molar-refractivity contribution in [3.63, 3.8) is 0 Å². The van der Waals surface area contributed by atoms with Crippen LogP contribution in [0.3, 0.4) is 0 Å². The van der Waals surface area contributed by atoms with Crippen LogP contribution in [0.1, 0.15) is 30.4 Å². The van der Waals surface area contributed by atoms with E-state index >= 15 is 0 Å². The van der Waals surface area contributed by atoms with E-state index in [4.69, 9.17) is 4.74 Å². The molecule has 0 aliphatic carbocycles. The van der Waals surface area contributed by atoms with Crippen LogP contribution in [0.2, 0.25) is 0 Å². The lowest BCUT2D eigenvalue weighted by Gasteiger charge is -2.17. The lowest BCUT2D eigenvalue weighted by atomic mass is 10.0. The van der Waals surface area contributed by atoms with E-state index in [1.165, 1.54) is 12.1 Å². The highest BCUT2D eigenvalue weighted by Crippen LogP contribution is 2.26. The van der Waals surface area contributed by atoms with Crippen molar-refractivity contribution in [2.24, 2.45) is 0 Å². The van der Waals surface area contributed by atoms with E-state index in [0.29, 0.717) is 45.3 Å². The topological polar surface area (TPSA) is 67.4 Å². The molecule has 0 atom stereocenters. The molecule has 0 fully saturated rings. The minimum absolute atomic E-state index is 0.0387. The maximum absolute atomic E-state index is 13.1. The number of aryl methyl sites for hydroxylation is 1. The molecule has 1 heterocycles. The van der Waals surface area contributed by atoms with Crippen LogP contribution in [0.5, 0.6) is 5.75 Å². The molecule has 6 heteroatoms. The monoisotopic (exact) mass is 370 g/mol. The highest BCUT2D eigenvalue weighted by Gasteiger charge is 2.15. The molecule has 0 radical (unpaired) electrons. The van der Waals surface area contributed by atoms with Gasteiger partial charge in [0.1, 0.15) is 11.6 Å². The predicted molar refractivity (Wildman–Crippen MR) is 101 cm³/mol. The third-order valence-electron chi connectivity index (χ3n) is 4.41. The average Bonchev–Trinajstić information content (AvgIpc) is 2.65. The number of halogens is 1. The Morgan fingerprint density at radius 1 is 1.19 bits per heavy atom. The van der Waals surface area contributed by atoms with Gasteiger partial charge in [0.25, 0.3) is 0 Å². The SMILES string of the molecule is O=C(CCCOc1ccc2c(c1)CCC(=O)N2)NCCc1cccc(F)c1. The Balaban J connectivity index is 1.33. The fourth-order valence-corrected chi connectivity index (χ4v) is 3.00. The average molecular weight is 370 g/mol. The molecule has 0 unspecified atom stereocenters. The van der Waals surface area contributed by atoms with E-state index in [0.717, 1.165) is 22.6 Å². The van der Waals surface area contributed by atoms with Gasteiger partial charge in [-0.15, -0.1) is 0 Å². The summed E-state index contributed by atoms with van der Waals surface area (Å²) in [4.78, 5) is 23.2. The molecule has 0 saturated heterocycles. The van der Waals surface area contributed by atoms with E-state index < -0.39 is 0 Å². The minimum atomic E-state index is -0.263. The summed E-state index contributed by atoms with van der Waals surface area (Å²) in [7, 11) is 0. The second kappa shape index (κ2) is 9.16. The van der Waals surface area contributed by atoms with Gasteiger partial charge in [-0.05, 0) is 60.7 Å². The molecule has 5 nitrogen and oxygen atoms in total. The van der Waals surface area contributed by atoms with Gasteiger partial charge in [-0.1, -0.05) is 12.1 Å². The molecule has 1 aliphatic rings. The van der Waals surface area contributed by atoms with Crippen LogP contribution in [-0.4, -0.2) is 25.0 Å². The molecular formula is C21H23FN2O3. The van der Waals surface area contributed by atoms with Crippen LogP contribution in [0, 0.1) is 5.82 Å². The fourth-order valence-electron chi connectivity index (χ4n) is 3.00. The Kier molecular flexibility index (Phi) is 6.41. The van der Waals surface area contributed by atoms with Gasteiger partial charge in [0.2, 0.25) is 11.8 Å². The zero-order valence-electron chi connectivity index (χ0n) is 15.1. The summed E-state index contributed by atoms with van der Waals surface area (Å²) < 4.78 is 18.8. The van der Waals surface area contributed by atoms with Crippen molar-refractivity contribution < 1.29 is 18.7 Å². The number of nitrogens with one attached hydrogen (secondary N) is 2. The Morgan fingerprint density at radius 2 is 2.07 bits per heavy atom. The maximum Gasteiger partial charge on any atom is 0.224 e. The first kappa shape index (κ1) is 18.9. The molecule has 0 spiro atoms. The largest absolute Gasteiger partial charge is 0.494 e. The zero-order valence-corrected chi connectivity index (χ0v) is 15.1. The van der Waals surface area contributed by atoms with E-state index in [1.54, 1.807) is 6.07 Å². The third kappa shape index (κ3) is 5.81. The summed E-state index contributed by atoms with van der Waals surface area (Å²) in [6, 6.07) is 12.0. The van der Waals surface area contributed by atoms with Crippen LogP contribution in [0.25, 0.3) is 0 Å². The van der Waals surface area contributed by atoms with E-state index in [2.05, 4.69) is 10.6 Å². The molecule has 0 aromatic heterocycles. The number of rotatable bonds is 8. The molecular weight excluding hydrogens is 347 g/mol. The van der Waals surface area contributed by atoms with Crippen molar-refractivity contribution in [2.45, 2.75) is 32.1 Å². The Bertz CT molecular complexity index is 823. The summed E-state index contributed by atoms with van der Waals surface area (Å²) in [5.41, 5.74) is 2.78. The summed E-state index contributed by atoms with van der Waals surface area (Å²) in [6.45, 7) is 0.933. The lowest BCUT2D eigenvalue weighted by Crippen LogP contribution is -2.25. The molecule has 2 aromatic rings. The first-order valence-electron chi connectivity index (χ1n) is 9.17. The number of hydrogen-bond acceptors (Lipinski definition) is 3. The molecule has 0 saturated carbocycles. The van der Waals surface area contributed by atoms with Gasteiger partial charge >= 0.3 is 0 Å². The van der Waals surface area contributed by atoms with Gasteiger partial charge < -0.3 is 15.4 Å². The summed E-state index contributed by atoms with van der Waals surface area (Å²) in [5.74, 6) is 0.486. The second-order valence-electron chi connectivity index (χ2n) is 6.55. The van der Waals surface area contributed by atoms with Gasteiger partial charge in [-0.3, -0.25) is 9.59 Å². The molecule has 1 aliphatic heterocycles. The van der Waals surface area contributed by atoms with Gasteiger partial charge in [-0.25, -0.2) is 4.39 Å². The fraction of sp³-hybridized carbons (Fsp3) is 0.333. The standard InChI is InChI=1S/C21H23FN2O3/c22-17-4-1-3-15(13-17)10-11-23-20(25)5-2-12-27-18-7-8-19-16(14-18)6-9-21(26)24-19/h1,3-4,7-8,13-14H,2,5-6,9-12H2,(H,23,25)(H,24,26). The van der Waals surface area contributed by atoms with Crippen molar-refractivity contribution in [3.05, 3.63) is 59.4 Å². The Hall–Kier alpha value is -2.89. The summed E-state index contributed by atoms with van der Waals surface area (Å²) in [6.07, 6.45) is 2.80. The van der Waals surface area contributed by atoms with Crippen LogP contribution >= 0.6 is 0 Å². The molecule has 2 N–H and O–H groups in total. The minimum Gasteiger partial charge on any atom is -0.494 e. The zero-order chi connectivity index (χ0) is 19.1. The maximum atomic E-state index is 13.1. The van der Waals surface area contributed by atoms with Crippen molar-refractivity contribution in [2.75, 3.05) is 18.5 Å². The smallest absolute Gasteiger partial charge is 0.224 e. The van der Waals surface area contributed by atoms with Gasteiger partial charge in [-0.2, -0.15) is 0 Å². The number of anilines is 1. The predicted octanol–water partition coefficient (Wildman–Crippen LogP) is 3.23. The summed E-state index contributed by atoms with van der Waals surface area (Å²) in [5, 5.41) is 5.67. The number of ether oxygens (including phenoxy) is 1. The quantitative estimate of drug-likeness (QED) is 0.701. The molecule has 3 rings (SSSR count). The van der Waals surface area contributed by atoms with Gasteiger partial charge in [0.05, 0.1) is 6.61 Å². The van der Waals surface area contributed by atoms with Crippen LogP contribution in [0.15, 0.2) is 42.5 Å². The molecule has 142 valence electrons. The van der Waals surface area contributed by atoms with Gasteiger partial charge in [0.15, 0.2) is 0 Å². The van der Waals surface area contributed by atoms with E-state index in [9.17, 15) is 14.0 Å². The first-order valence-corrected chi connectivity index (χ1v) is 9.17. The van der Waals surface area contributed by atoms with Crippen LogP contribution < -0.4 is 15.4 Å². The van der Waals surface area contributed by atoms with Crippen molar-refractivity contribution >= 4 is 17.5 Å². The van der Waals surface area contributed by atoms with Crippen LogP contribution in [-0.2, 0) is 22.4 Å². The number of carbonyl (C=O) groups is 2. The first-order chi connectivity index (χ1) is 13.1. The third-order valence-corrected chi connectivity index (χ3v) is 4.41. The van der Waals surface area contributed by atoms with Crippen molar-refractivity contribution in [1.82, 2.24) is 5.32 Å². The van der Waals surface area contributed by atoms with E-state index in [-0.39, 0.29) is 17.6 Å². The number of carbonyl (C=O) groups excluding carboxylic acids is 2. The Morgan fingerprint density at radius 3 is 2.93 bits per heavy atom. The molecule has 2 aromatic carbocycles. The molecule has 27 heavy (non-hydrogen) atoms. The normalized spacial score (nSPS) is 12.9. The van der Waals surface area contributed by atoms with Crippen molar-refractivity contribution in [3.8, 4) is 5.75 Å². The Labute approximate surface area is 157 Å². The molecule has 0 bridgehead atoms. The summed E-state index contributed by atoms with van der Waals surface area (Å²) >= 11 is 0.